The van der Waals surface area contributed by atoms with E-state index in [4.69, 9.17) is 0 Å². The zero-order valence-corrected chi connectivity index (χ0v) is 18.0. The number of hydrogen-bond donors (Lipinski definition) is 1. The number of nitrogens with one attached hydrogen (secondary N) is 1. The van der Waals surface area contributed by atoms with E-state index in [0.717, 1.165) is 11.8 Å². The van der Waals surface area contributed by atoms with Crippen LogP contribution in [0.15, 0.2) is 23.2 Å². The molecule has 1 amide bonds. The maximum absolute atomic E-state index is 13.2. The molecule has 0 aliphatic heterocycles. The second kappa shape index (κ2) is 6.80. The SMILES string of the molecule is Cc1ncccc1S(=O)(=O)N(C)C(C)(C)C(=O)NC1C2CC3CC(C2)CC1C3. The molecule has 7 heteroatoms. The third kappa shape index (κ3) is 3.16. The van der Waals surface area contributed by atoms with Crippen molar-refractivity contribution in [2.75, 3.05) is 7.05 Å². The Bertz CT molecular complexity index is 853. The number of amides is 1. The van der Waals surface area contributed by atoms with Crippen molar-refractivity contribution in [1.29, 1.82) is 0 Å². The van der Waals surface area contributed by atoms with E-state index in [1.807, 2.05) is 0 Å². The van der Waals surface area contributed by atoms with Crippen LogP contribution in [0.5, 0.6) is 0 Å². The van der Waals surface area contributed by atoms with Gasteiger partial charge in [-0.3, -0.25) is 9.78 Å². The highest BCUT2D eigenvalue weighted by Gasteiger charge is 2.50. The average molecular weight is 406 g/mol. The normalized spacial score (nSPS) is 32.0. The van der Waals surface area contributed by atoms with Crippen LogP contribution in [-0.2, 0) is 14.8 Å². The molecule has 0 spiro atoms. The van der Waals surface area contributed by atoms with Crippen LogP contribution in [0.4, 0.5) is 0 Å². The Morgan fingerprint density at radius 3 is 2.25 bits per heavy atom. The number of nitrogens with zero attached hydrogens (tertiary/aromatic N) is 2. The monoisotopic (exact) mass is 405 g/mol. The number of pyridine rings is 1. The summed E-state index contributed by atoms with van der Waals surface area (Å²) in [6, 6.07) is 3.34. The number of sulfonamides is 1. The van der Waals surface area contributed by atoms with Crippen LogP contribution in [-0.4, -0.2) is 42.2 Å². The van der Waals surface area contributed by atoms with Crippen molar-refractivity contribution in [2.45, 2.75) is 69.4 Å². The second-order valence-electron chi connectivity index (χ2n) is 9.55. The largest absolute Gasteiger partial charge is 0.351 e. The van der Waals surface area contributed by atoms with Gasteiger partial charge in [-0.2, -0.15) is 4.31 Å². The molecule has 5 rings (SSSR count). The van der Waals surface area contributed by atoms with E-state index < -0.39 is 15.6 Å². The van der Waals surface area contributed by atoms with Gasteiger partial charge in [0, 0.05) is 19.3 Å². The predicted octanol–water partition coefficient (Wildman–Crippen LogP) is 2.73. The lowest BCUT2D eigenvalue weighted by Gasteiger charge is -2.54. The Kier molecular flexibility index (Phi) is 4.82. The summed E-state index contributed by atoms with van der Waals surface area (Å²) in [6.45, 7) is 5.03. The molecule has 0 radical (unpaired) electrons. The van der Waals surface area contributed by atoms with Crippen molar-refractivity contribution in [1.82, 2.24) is 14.6 Å². The van der Waals surface area contributed by atoms with Crippen molar-refractivity contribution < 1.29 is 13.2 Å². The molecule has 154 valence electrons. The Morgan fingerprint density at radius 2 is 1.71 bits per heavy atom. The molecule has 4 aliphatic carbocycles. The maximum atomic E-state index is 13.2. The van der Waals surface area contributed by atoms with E-state index in [1.165, 1.54) is 43.5 Å². The molecule has 0 aromatic carbocycles. The topological polar surface area (TPSA) is 79.4 Å². The van der Waals surface area contributed by atoms with Crippen LogP contribution in [0.1, 0.15) is 51.6 Å². The summed E-state index contributed by atoms with van der Waals surface area (Å²) in [5.74, 6) is 2.56. The number of rotatable bonds is 5. The Balaban J connectivity index is 1.53. The molecule has 1 heterocycles. The van der Waals surface area contributed by atoms with Gasteiger partial charge >= 0.3 is 0 Å². The molecule has 1 aromatic heterocycles. The van der Waals surface area contributed by atoms with Crippen molar-refractivity contribution in [3.05, 3.63) is 24.0 Å². The Hall–Kier alpha value is -1.47. The minimum absolute atomic E-state index is 0.146. The number of likely N-dealkylation sites (N-methyl/N-ethyl adjacent to an activating group) is 1. The lowest BCUT2D eigenvalue weighted by molar-refractivity contribution is -0.132. The Morgan fingerprint density at radius 1 is 1.14 bits per heavy atom. The van der Waals surface area contributed by atoms with Gasteiger partial charge in [0.25, 0.3) is 0 Å². The molecule has 1 N–H and O–H groups in total. The van der Waals surface area contributed by atoms with Gasteiger partial charge in [0.15, 0.2) is 0 Å². The molecule has 0 atom stereocenters. The zero-order valence-electron chi connectivity index (χ0n) is 17.2. The molecule has 6 nitrogen and oxygen atoms in total. The van der Waals surface area contributed by atoms with Gasteiger partial charge in [-0.05, 0) is 88.7 Å². The Labute approximate surface area is 168 Å². The number of carbonyl (C=O) groups is 1. The fourth-order valence-corrected chi connectivity index (χ4v) is 7.48. The molecule has 4 saturated carbocycles. The lowest BCUT2D eigenvalue weighted by Crippen LogP contribution is -2.62. The molecular weight excluding hydrogens is 374 g/mol. The highest BCUT2D eigenvalue weighted by molar-refractivity contribution is 7.89. The third-order valence-electron chi connectivity index (χ3n) is 7.46. The molecule has 4 bridgehead atoms. The fourth-order valence-electron chi connectivity index (χ4n) is 5.82. The van der Waals surface area contributed by atoms with Crippen molar-refractivity contribution in [3.63, 3.8) is 0 Å². The second-order valence-corrected chi connectivity index (χ2v) is 11.5. The fraction of sp³-hybridized carbons (Fsp3) is 0.714. The van der Waals surface area contributed by atoms with Gasteiger partial charge in [0.2, 0.25) is 15.9 Å². The van der Waals surface area contributed by atoms with E-state index >= 15 is 0 Å². The van der Waals surface area contributed by atoms with Crippen LogP contribution in [0.25, 0.3) is 0 Å². The maximum Gasteiger partial charge on any atom is 0.245 e. The van der Waals surface area contributed by atoms with Gasteiger partial charge in [-0.25, -0.2) is 8.42 Å². The average Bonchev–Trinajstić information content (AvgIpc) is 2.63. The van der Waals surface area contributed by atoms with E-state index in [-0.39, 0.29) is 16.8 Å². The van der Waals surface area contributed by atoms with Gasteiger partial charge in [-0.1, -0.05) is 0 Å². The number of aryl methyl sites for hydroxylation is 1. The highest BCUT2D eigenvalue weighted by Crippen LogP contribution is 2.53. The molecule has 4 fully saturated rings. The zero-order chi connectivity index (χ0) is 20.3. The summed E-state index contributed by atoms with van der Waals surface area (Å²) in [4.78, 5) is 17.5. The third-order valence-corrected chi connectivity index (χ3v) is 9.63. The summed E-state index contributed by atoms with van der Waals surface area (Å²) >= 11 is 0. The summed E-state index contributed by atoms with van der Waals surface area (Å²) in [7, 11) is -2.34. The van der Waals surface area contributed by atoms with Gasteiger partial charge < -0.3 is 5.32 Å². The quantitative estimate of drug-likeness (QED) is 0.817. The van der Waals surface area contributed by atoms with Crippen LogP contribution in [0.2, 0.25) is 0 Å². The summed E-state index contributed by atoms with van der Waals surface area (Å²) in [5, 5.41) is 3.26. The smallest absolute Gasteiger partial charge is 0.245 e. The van der Waals surface area contributed by atoms with Crippen LogP contribution in [0.3, 0.4) is 0 Å². The molecule has 4 aliphatic rings. The first-order valence-corrected chi connectivity index (χ1v) is 11.8. The molecule has 1 aromatic rings. The molecule has 0 unspecified atom stereocenters. The van der Waals surface area contributed by atoms with Gasteiger partial charge in [0.1, 0.15) is 10.4 Å². The van der Waals surface area contributed by atoms with E-state index in [9.17, 15) is 13.2 Å². The summed E-state index contributed by atoms with van der Waals surface area (Å²) in [5.41, 5.74) is -0.748. The number of hydrogen-bond acceptors (Lipinski definition) is 4. The lowest BCUT2D eigenvalue weighted by atomic mass is 9.54. The number of carbonyl (C=O) groups excluding carboxylic acids is 1. The van der Waals surface area contributed by atoms with Crippen molar-refractivity contribution in [2.24, 2.45) is 23.7 Å². The van der Waals surface area contributed by atoms with Crippen molar-refractivity contribution >= 4 is 15.9 Å². The molecule has 28 heavy (non-hydrogen) atoms. The van der Waals surface area contributed by atoms with Crippen LogP contribution >= 0.6 is 0 Å². The minimum atomic E-state index is -3.82. The molecular formula is C21H31N3O3S. The minimum Gasteiger partial charge on any atom is -0.351 e. The summed E-state index contributed by atoms with van der Waals surface area (Å²) in [6.07, 6.45) is 7.77. The van der Waals surface area contributed by atoms with E-state index in [0.29, 0.717) is 17.5 Å². The van der Waals surface area contributed by atoms with Gasteiger partial charge in [0.05, 0.1) is 5.69 Å². The first-order chi connectivity index (χ1) is 13.1. The predicted molar refractivity (Wildman–Crippen MR) is 107 cm³/mol. The van der Waals surface area contributed by atoms with Crippen molar-refractivity contribution in [3.8, 4) is 0 Å². The first-order valence-electron chi connectivity index (χ1n) is 10.3. The van der Waals surface area contributed by atoms with E-state index in [2.05, 4.69) is 10.3 Å². The number of aromatic nitrogens is 1. The van der Waals surface area contributed by atoms with E-state index in [1.54, 1.807) is 39.1 Å². The van der Waals surface area contributed by atoms with Gasteiger partial charge in [-0.15, -0.1) is 0 Å². The van der Waals surface area contributed by atoms with Crippen LogP contribution in [0, 0.1) is 30.6 Å². The highest BCUT2D eigenvalue weighted by atomic mass is 32.2. The summed E-state index contributed by atoms with van der Waals surface area (Å²) < 4.78 is 27.5. The standard InChI is InChI=1S/C21H31N3O3S/c1-13-18(6-5-7-22-13)28(26,27)24(4)21(2,3)20(25)23-19-16-9-14-8-15(11-16)12-17(19)10-14/h5-7,14-17,19H,8-12H2,1-4H3,(H,23,25). The molecule has 0 saturated heterocycles. The van der Waals surface area contributed by atoms with Crippen LogP contribution < -0.4 is 5.32 Å². The first kappa shape index (κ1) is 19.8.